The minimum atomic E-state index is 0.530. The number of piperidine rings is 4. The largest absolute Gasteiger partial charge is 0.313 e. The first-order valence-corrected chi connectivity index (χ1v) is 10.6. The smallest absolute Gasteiger partial charge is 0.0179 e. The van der Waals surface area contributed by atoms with E-state index in [4.69, 9.17) is 0 Å². The SMILES string of the molecule is C1CC[C@@H]([C@@]23C[C@@H](C[C@H]4CCCN[C@@H]42)[C@@H]2CCCCN2C3)NC1. The second-order valence-corrected chi connectivity index (χ2v) is 9.30. The van der Waals surface area contributed by atoms with Crippen LogP contribution in [0.2, 0.25) is 0 Å². The quantitative estimate of drug-likeness (QED) is 0.779. The maximum Gasteiger partial charge on any atom is 0.0179 e. The van der Waals surface area contributed by atoms with Gasteiger partial charge in [0.2, 0.25) is 0 Å². The predicted molar refractivity (Wildman–Crippen MR) is 94.5 cm³/mol. The lowest BCUT2D eigenvalue weighted by Crippen LogP contribution is -2.72. The Kier molecular flexibility index (Phi) is 3.95. The van der Waals surface area contributed by atoms with Crippen LogP contribution in [-0.2, 0) is 0 Å². The fraction of sp³-hybridized carbons (Fsp3) is 1.00. The van der Waals surface area contributed by atoms with Gasteiger partial charge in [-0.3, -0.25) is 4.90 Å². The molecule has 1 saturated carbocycles. The van der Waals surface area contributed by atoms with Crippen molar-refractivity contribution in [3.63, 3.8) is 0 Å². The predicted octanol–water partition coefficient (Wildman–Crippen LogP) is 2.76. The van der Waals surface area contributed by atoms with Crippen LogP contribution in [0, 0.1) is 17.3 Å². The molecular formula is C20H35N3. The van der Waals surface area contributed by atoms with Crippen LogP contribution >= 0.6 is 0 Å². The Morgan fingerprint density at radius 2 is 1.74 bits per heavy atom. The molecule has 0 aromatic rings. The highest BCUT2D eigenvalue weighted by Crippen LogP contribution is 2.55. The summed E-state index contributed by atoms with van der Waals surface area (Å²) in [6.45, 7) is 5.30. The zero-order valence-corrected chi connectivity index (χ0v) is 14.7. The Hall–Kier alpha value is -0.120. The summed E-state index contributed by atoms with van der Waals surface area (Å²) in [5.41, 5.74) is 0.530. The van der Waals surface area contributed by atoms with Crippen LogP contribution in [-0.4, -0.2) is 49.2 Å². The van der Waals surface area contributed by atoms with Gasteiger partial charge in [-0.2, -0.15) is 0 Å². The van der Waals surface area contributed by atoms with E-state index in [2.05, 4.69) is 15.5 Å². The standard InChI is InChI=1S/C20H35N3/c1-3-9-21-18(8-1)20-13-16(12-15-6-5-10-22-19(15)20)17-7-2-4-11-23(17)14-20/h15-19,21-22H,1-14H2/t15-,16-,17+,18+,19+,20+/m1/s1. The van der Waals surface area contributed by atoms with E-state index in [1.807, 2.05) is 0 Å². The molecule has 5 fully saturated rings. The lowest BCUT2D eigenvalue weighted by Gasteiger charge is -2.64. The minimum Gasteiger partial charge on any atom is -0.313 e. The molecule has 2 bridgehead atoms. The van der Waals surface area contributed by atoms with Gasteiger partial charge in [0.15, 0.2) is 0 Å². The molecule has 1 aliphatic carbocycles. The van der Waals surface area contributed by atoms with E-state index in [9.17, 15) is 0 Å². The molecule has 5 rings (SSSR count). The van der Waals surface area contributed by atoms with Crippen molar-refractivity contribution in [2.75, 3.05) is 26.2 Å². The van der Waals surface area contributed by atoms with Crippen LogP contribution in [0.15, 0.2) is 0 Å². The molecule has 130 valence electrons. The number of nitrogens with zero attached hydrogens (tertiary/aromatic N) is 1. The lowest BCUT2D eigenvalue weighted by molar-refractivity contribution is -0.117. The molecule has 4 heterocycles. The molecule has 0 amide bonds. The molecule has 6 atom stereocenters. The van der Waals surface area contributed by atoms with Crippen molar-refractivity contribution in [2.24, 2.45) is 17.3 Å². The fourth-order valence-electron chi connectivity index (χ4n) is 7.36. The van der Waals surface area contributed by atoms with E-state index < -0.39 is 0 Å². The summed E-state index contributed by atoms with van der Waals surface area (Å²) in [6, 6.07) is 2.51. The van der Waals surface area contributed by atoms with E-state index in [-0.39, 0.29) is 0 Å². The third-order valence-electron chi connectivity index (χ3n) is 8.16. The number of rotatable bonds is 1. The molecule has 4 saturated heterocycles. The van der Waals surface area contributed by atoms with Crippen LogP contribution in [0.4, 0.5) is 0 Å². The third-order valence-corrected chi connectivity index (χ3v) is 8.16. The zero-order chi connectivity index (χ0) is 15.3. The first-order chi connectivity index (χ1) is 11.4. The maximum absolute atomic E-state index is 4.04. The highest BCUT2D eigenvalue weighted by atomic mass is 15.2. The Bertz CT molecular complexity index is 431. The van der Waals surface area contributed by atoms with Crippen molar-refractivity contribution in [3.05, 3.63) is 0 Å². The van der Waals surface area contributed by atoms with Gasteiger partial charge < -0.3 is 10.6 Å². The minimum absolute atomic E-state index is 0.530. The molecular weight excluding hydrogens is 282 g/mol. The van der Waals surface area contributed by atoms with Crippen LogP contribution in [0.25, 0.3) is 0 Å². The van der Waals surface area contributed by atoms with E-state index >= 15 is 0 Å². The van der Waals surface area contributed by atoms with E-state index in [0.717, 1.165) is 30.0 Å². The first-order valence-electron chi connectivity index (χ1n) is 10.6. The van der Waals surface area contributed by atoms with Gasteiger partial charge >= 0.3 is 0 Å². The van der Waals surface area contributed by atoms with Gasteiger partial charge in [0.05, 0.1) is 0 Å². The van der Waals surface area contributed by atoms with Crippen molar-refractivity contribution in [1.29, 1.82) is 0 Å². The molecule has 0 spiro atoms. The van der Waals surface area contributed by atoms with Crippen molar-refractivity contribution in [1.82, 2.24) is 15.5 Å². The number of hydrogen-bond donors (Lipinski definition) is 2. The summed E-state index contributed by atoms with van der Waals surface area (Å²) in [5.74, 6) is 1.96. The van der Waals surface area contributed by atoms with Gasteiger partial charge in [0, 0.05) is 30.1 Å². The van der Waals surface area contributed by atoms with Crippen LogP contribution in [0.5, 0.6) is 0 Å². The van der Waals surface area contributed by atoms with E-state index in [1.165, 1.54) is 90.4 Å². The topological polar surface area (TPSA) is 27.3 Å². The molecule has 3 nitrogen and oxygen atoms in total. The van der Waals surface area contributed by atoms with Gasteiger partial charge in [-0.05, 0) is 82.8 Å². The molecule has 0 unspecified atom stereocenters. The van der Waals surface area contributed by atoms with Gasteiger partial charge in [0.1, 0.15) is 0 Å². The Morgan fingerprint density at radius 3 is 2.65 bits per heavy atom. The van der Waals surface area contributed by atoms with Crippen molar-refractivity contribution in [3.8, 4) is 0 Å². The Labute approximate surface area is 142 Å². The fourth-order valence-corrected chi connectivity index (χ4v) is 7.36. The average Bonchev–Trinajstić information content (AvgIpc) is 2.63. The van der Waals surface area contributed by atoms with Gasteiger partial charge in [-0.15, -0.1) is 0 Å². The van der Waals surface area contributed by atoms with Crippen LogP contribution in [0.1, 0.15) is 64.2 Å². The lowest BCUT2D eigenvalue weighted by atomic mass is 9.52. The highest BCUT2D eigenvalue weighted by molar-refractivity contribution is 5.14. The Balaban J connectivity index is 1.50. The molecule has 2 N–H and O–H groups in total. The van der Waals surface area contributed by atoms with Crippen molar-refractivity contribution >= 4 is 0 Å². The first kappa shape index (κ1) is 15.2. The molecule has 4 aliphatic heterocycles. The summed E-state index contributed by atoms with van der Waals surface area (Å²) in [4.78, 5) is 2.94. The van der Waals surface area contributed by atoms with Crippen molar-refractivity contribution < 1.29 is 0 Å². The molecule has 5 aliphatic rings. The summed E-state index contributed by atoms with van der Waals surface area (Å²) in [7, 11) is 0. The normalized spacial score (nSPS) is 50.9. The number of hydrogen-bond acceptors (Lipinski definition) is 3. The van der Waals surface area contributed by atoms with Crippen LogP contribution in [0.3, 0.4) is 0 Å². The number of fused-ring (bicyclic) bond motifs is 6. The molecule has 23 heavy (non-hydrogen) atoms. The molecule has 0 radical (unpaired) electrons. The Morgan fingerprint density at radius 1 is 0.826 bits per heavy atom. The van der Waals surface area contributed by atoms with Gasteiger partial charge in [-0.25, -0.2) is 0 Å². The third kappa shape index (κ3) is 2.41. The summed E-state index contributed by atoms with van der Waals surface area (Å²) >= 11 is 0. The highest BCUT2D eigenvalue weighted by Gasteiger charge is 2.58. The summed E-state index contributed by atoms with van der Waals surface area (Å²) in [6.07, 6.45) is 14.6. The second-order valence-electron chi connectivity index (χ2n) is 9.30. The zero-order valence-electron chi connectivity index (χ0n) is 14.7. The van der Waals surface area contributed by atoms with E-state index in [0.29, 0.717) is 5.41 Å². The van der Waals surface area contributed by atoms with Gasteiger partial charge in [-0.1, -0.05) is 12.8 Å². The molecule has 3 heteroatoms. The maximum atomic E-state index is 4.04. The second kappa shape index (κ2) is 6.00. The molecule has 0 aromatic heterocycles. The van der Waals surface area contributed by atoms with Gasteiger partial charge in [0.25, 0.3) is 0 Å². The summed E-state index contributed by atoms with van der Waals surface area (Å²) in [5, 5.41) is 8.04. The monoisotopic (exact) mass is 317 g/mol. The number of nitrogens with one attached hydrogen (secondary N) is 2. The molecule has 0 aromatic carbocycles. The van der Waals surface area contributed by atoms with E-state index in [1.54, 1.807) is 0 Å². The average molecular weight is 318 g/mol. The van der Waals surface area contributed by atoms with Crippen molar-refractivity contribution in [2.45, 2.75) is 82.3 Å². The van der Waals surface area contributed by atoms with Crippen LogP contribution < -0.4 is 10.6 Å². The summed E-state index contributed by atoms with van der Waals surface area (Å²) < 4.78 is 0.